The van der Waals surface area contributed by atoms with Crippen molar-refractivity contribution in [2.75, 3.05) is 11.5 Å². The second-order valence-electron chi connectivity index (χ2n) is 6.96. The minimum absolute atomic E-state index is 0.168. The fourth-order valence-electron chi connectivity index (χ4n) is 3.08. The summed E-state index contributed by atoms with van der Waals surface area (Å²) in [4.78, 5) is 49.7. The molecule has 9 heteroatoms. The molecule has 0 radical (unpaired) electrons. The summed E-state index contributed by atoms with van der Waals surface area (Å²) in [5.41, 5.74) is 1.22. The maximum Gasteiger partial charge on any atom is 0.335 e. The Bertz CT molecular complexity index is 1120. The van der Waals surface area contributed by atoms with E-state index in [1.54, 1.807) is 38.1 Å². The first-order valence-corrected chi connectivity index (χ1v) is 9.84. The molecule has 2 aromatic carbocycles. The topological polar surface area (TPSA) is 125 Å². The number of anilines is 1. The Labute approximate surface area is 184 Å². The highest BCUT2D eigenvalue weighted by Gasteiger charge is 2.37. The fourth-order valence-corrected chi connectivity index (χ4v) is 3.08. The van der Waals surface area contributed by atoms with Crippen LogP contribution in [0.25, 0.3) is 6.08 Å². The SMILES string of the molecule is CCOc1cc(/C=C2\C(=O)NC(=O)N(c3ccccc3C)C2=O)ccc1O[C@H](C)C(=O)[O-]. The van der Waals surface area contributed by atoms with Gasteiger partial charge in [-0.15, -0.1) is 0 Å². The molecule has 0 unspecified atom stereocenters. The lowest BCUT2D eigenvalue weighted by atomic mass is 10.1. The van der Waals surface area contributed by atoms with Gasteiger partial charge in [0.2, 0.25) is 0 Å². The standard InChI is InChI=1S/C23H22N2O7/c1-4-31-19-12-15(9-10-18(19)32-14(3)22(28)29)11-16-20(26)24-23(30)25(21(16)27)17-8-6-5-7-13(17)2/h5-12,14H,4H2,1-3H3,(H,28,29)(H,24,26,30)/p-1/b16-11+/t14-/m1/s1. The minimum Gasteiger partial charge on any atom is -0.546 e. The van der Waals surface area contributed by atoms with E-state index < -0.39 is 29.9 Å². The molecule has 32 heavy (non-hydrogen) atoms. The van der Waals surface area contributed by atoms with Crippen molar-refractivity contribution in [1.82, 2.24) is 5.32 Å². The number of aryl methyl sites for hydroxylation is 1. The summed E-state index contributed by atoms with van der Waals surface area (Å²) in [6, 6.07) is 10.5. The lowest BCUT2D eigenvalue weighted by Gasteiger charge is -2.27. The van der Waals surface area contributed by atoms with Crippen LogP contribution in [0.1, 0.15) is 25.0 Å². The lowest BCUT2D eigenvalue weighted by Crippen LogP contribution is -2.54. The summed E-state index contributed by atoms with van der Waals surface area (Å²) in [5.74, 6) is -2.58. The van der Waals surface area contributed by atoms with Gasteiger partial charge in [0.25, 0.3) is 11.8 Å². The quantitative estimate of drug-likeness (QED) is 0.515. The van der Waals surface area contributed by atoms with Crippen LogP contribution in [0.4, 0.5) is 10.5 Å². The molecule has 3 rings (SSSR count). The lowest BCUT2D eigenvalue weighted by molar-refractivity contribution is -0.312. The number of benzene rings is 2. The van der Waals surface area contributed by atoms with Crippen LogP contribution >= 0.6 is 0 Å². The molecule has 0 aromatic heterocycles. The third kappa shape index (κ3) is 4.61. The fraction of sp³-hybridized carbons (Fsp3) is 0.217. The Kier molecular flexibility index (Phi) is 6.58. The van der Waals surface area contributed by atoms with Crippen LogP contribution in [0.3, 0.4) is 0 Å². The van der Waals surface area contributed by atoms with Crippen molar-refractivity contribution < 1.29 is 33.8 Å². The number of barbiturate groups is 1. The van der Waals surface area contributed by atoms with Gasteiger partial charge in [0.15, 0.2) is 11.5 Å². The molecule has 0 spiro atoms. The molecule has 1 atom stereocenters. The third-order valence-corrected chi connectivity index (χ3v) is 4.67. The maximum absolute atomic E-state index is 13.0. The van der Waals surface area contributed by atoms with Gasteiger partial charge in [-0.3, -0.25) is 14.9 Å². The van der Waals surface area contributed by atoms with E-state index in [1.807, 2.05) is 0 Å². The first-order valence-electron chi connectivity index (χ1n) is 9.84. The number of para-hydroxylation sites is 1. The Morgan fingerprint density at radius 3 is 2.53 bits per heavy atom. The van der Waals surface area contributed by atoms with Crippen molar-refractivity contribution in [1.29, 1.82) is 0 Å². The van der Waals surface area contributed by atoms with E-state index in [9.17, 15) is 24.3 Å². The zero-order valence-electron chi connectivity index (χ0n) is 17.7. The monoisotopic (exact) mass is 437 g/mol. The van der Waals surface area contributed by atoms with E-state index >= 15 is 0 Å². The molecule has 4 amide bonds. The molecule has 1 fully saturated rings. The van der Waals surface area contributed by atoms with E-state index in [0.717, 1.165) is 4.90 Å². The van der Waals surface area contributed by atoms with E-state index in [0.29, 0.717) is 16.8 Å². The first-order chi connectivity index (χ1) is 15.2. The van der Waals surface area contributed by atoms with Gasteiger partial charge in [-0.05, 0) is 56.2 Å². The molecule has 0 saturated carbocycles. The number of amides is 4. The van der Waals surface area contributed by atoms with E-state index in [4.69, 9.17) is 9.47 Å². The predicted molar refractivity (Wildman–Crippen MR) is 113 cm³/mol. The van der Waals surface area contributed by atoms with Crippen LogP contribution in [0.5, 0.6) is 11.5 Å². The van der Waals surface area contributed by atoms with E-state index in [-0.39, 0.29) is 23.7 Å². The Morgan fingerprint density at radius 1 is 1.16 bits per heavy atom. The number of carboxylic acid groups (broad SMARTS) is 1. The number of carbonyl (C=O) groups excluding carboxylic acids is 4. The Balaban J connectivity index is 1.98. The molecule has 1 heterocycles. The number of nitrogens with one attached hydrogen (secondary N) is 1. The number of nitrogens with zero attached hydrogens (tertiary/aromatic N) is 1. The number of urea groups is 1. The number of ether oxygens (including phenoxy) is 2. The molecular formula is C23H21N2O7-. The van der Waals surface area contributed by atoms with Crippen LogP contribution in [0.15, 0.2) is 48.0 Å². The molecular weight excluding hydrogens is 416 g/mol. The van der Waals surface area contributed by atoms with Gasteiger partial charge in [-0.25, -0.2) is 9.69 Å². The number of carboxylic acids is 1. The van der Waals surface area contributed by atoms with Crippen molar-refractivity contribution in [2.45, 2.75) is 26.9 Å². The average molecular weight is 437 g/mol. The van der Waals surface area contributed by atoms with Crippen molar-refractivity contribution >= 4 is 35.6 Å². The summed E-state index contributed by atoms with van der Waals surface area (Å²) in [5, 5.41) is 13.1. The Hall–Kier alpha value is -4.14. The molecule has 1 aliphatic heterocycles. The summed E-state index contributed by atoms with van der Waals surface area (Å²) < 4.78 is 10.8. The molecule has 1 aliphatic rings. The Morgan fingerprint density at radius 2 is 1.88 bits per heavy atom. The highest BCUT2D eigenvalue weighted by atomic mass is 16.5. The predicted octanol–water partition coefficient (Wildman–Crippen LogP) is 1.58. The van der Waals surface area contributed by atoms with Gasteiger partial charge in [-0.1, -0.05) is 24.3 Å². The van der Waals surface area contributed by atoms with Crippen LogP contribution in [-0.2, 0) is 14.4 Å². The minimum atomic E-state index is -1.39. The molecule has 9 nitrogen and oxygen atoms in total. The van der Waals surface area contributed by atoms with Crippen LogP contribution in [0.2, 0.25) is 0 Å². The van der Waals surface area contributed by atoms with Crippen molar-refractivity contribution in [2.24, 2.45) is 0 Å². The van der Waals surface area contributed by atoms with E-state index in [1.165, 1.54) is 31.2 Å². The van der Waals surface area contributed by atoms with Gasteiger partial charge < -0.3 is 19.4 Å². The molecule has 1 N–H and O–H groups in total. The van der Waals surface area contributed by atoms with Crippen molar-refractivity contribution in [3.05, 3.63) is 59.2 Å². The largest absolute Gasteiger partial charge is 0.546 e. The first kappa shape index (κ1) is 22.5. The van der Waals surface area contributed by atoms with Crippen molar-refractivity contribution in [3.8, 4) is 11.5 Å². The summed E-state index contributed by atoms with van der Waals surface area (Å²) >= 11 is 0. The maximum atomic E-state index is 13.0. The van der Waals surface area contributed by atoms with Crippen molar-refractivity contribution in [3.63, 3.8) is 0 Å². The van der Waals surface area contributed by atoms with Crippen LogP contribution in [-0.4, -0.2) is 36.5 Å². The number of hydrogen-bond donors (Lipinski definition) is 1. The molecule has 166 valence electrons. The zero-order valence-corrected chi connectivity index (χ0v) is 17.7. The second kappa shape index (κ2) is 9.34. The number of carbonyl (C=O) groups is 4. The van der Waals surface area contributed by atoms with Crippen LogP contribution in [0, 0.1) is 6.92 Å². The van der Waals surface area contributed by atoms with E-state index in [2.05, 4.69) is 5.32 Å². The number of hydrogen-bond acceptors (Lipinski definition) is 7. The number of imide groups is 2. The average Bonchev–Trinajstić information content (AvgIpc) is 2.74. The summed E-state index contributed by atoms with van der Waals surface area (Å²) in [7, 11) is 0. The second-order valence-corrected chi connectivity index (χ2v) is 6.96. The molecule has 1 saturated heterocycles. The normalized spacial score (nSPS) is 16.0. The smallest absolute Gasteiger partial charge is 0.335 e. The number of rotatable bonds is 7. The third-order valence-electron chi connectivity index (χ3n) is 4.67. The highest BCUT2D eigenvalue weighted by molar-refractivity contribution is 6.39. The summed E-state index contributed by atoms with van der Waals surface area (Å²) in [6.45, 7) is 5.07. The number of aliphatic carboxylic acids is 1. The van der Waals surface area contributed by atoms with Gasteiger partial charge in [-0.2, -0.15) is 0 Å². The summed E-state index contributed by atoms with van der Waals surface area (Å²) in [6.07, 6.45) is 0.113. The molecule has 2 aromatic rings. The zero-order chi connectivity index (χ0) is 23.4. The van der Waals surface area contributed by atoms with Gasteiger partial charge in [0.1, 0.15) is 11.7 Å². The highest BCUT2D eigenvalue weighted by Crippen LogP contribution is 2.31. The molecule has 0 aliphatic carbocycles. The van der Waals surface area contributed by atoms with Gasteiger partial charge in [0, 0.05) is 0 Å². The molecule has 0 bridgehead atoms. The van der Waals surface area contributed by atoms with Gasteiger partial charge >= 0.3 is 6.03 Å². The van der Waals surface area contributed by atoms with Gasteiger partial charge in [0.05, 0.1) is 18.3 Å². The van der Waals surface area contributed by atoms with Crippen LogP contribution < -0.4 is 24.8 Å².